The van der Waals surface area contributed by atoms with Crippen molar-refractivity contribution in [3.8, 4) is 5.75 Å². The molecule has 0 unspecified atom stereocenters. The Morgan fingerprint density at radius 1 is 1.32 bits per heavy atom. The lowest BCUT2D eigenvalue weighted by Gasteiger charge is -2.29. The summed E-state index contributed by atoms with van der Waals surface area (Å²) < 4.78 is 9.74. The van der Waals surface area contributed by atoms with E-state index in [9.17, 15) is 9.59 Å². The number of esters is 2. The van der Waals surface area contributed by atoms with Crippen LogP contribution in [0.4, 0.5) is 0 Å². The minimum atomic E-state index is -0.871. The molecule has 0 radical (unpaired) electrons. The largest absolute Gasteiger partial charge is 0.469 e. The van der Waals surface area contributed by atoms with Gasteiger partial charge in [0.05, 0.1) is 12.5 Å². The van der Waals surface area contributed by atoms with Gasteiger partial charge < -0.3 is 15.2 Å². The molecule has 0 saturated carbocycles. The highest BCUT2D eigenvalue weighted by Crippen LogP contribution is 2.33. The Labute approximate surface area is 112 Å². The molecule has 104 valence electrons. The number of hydrogen-bond acceptors (Lipinski definition) is 5. The highest BCUT2D eigenvalue weighted by atomic mass is 16.5. The fourth-order valence-electron chi connectivity index (χ4n) is 1.74. The maximum absolute atomic E-state index is 11.7. The van der Waals surface area contributed by atoms with Gasteiger partial charge in [0, 0.05) is 13.0 Å². The third kappa shape index (κ3) is 3.54. The van der Waals surface area contributed by atoms with E-state index in [1.807, 2.05) is 0 Å². The molecular weight excluding hydrogens is 246 g/mol. The standard InChI is InChI=1S/C14H19NO4/c1-9(16)19-11-7-5-6-10(8-11)12(15)14(2,3)13(17)18-4/h5-8,12H,15H2,1-4H3/t12-/m1/s1. The third-order valence-electron chi connectivity index (χ3n) is 2.97. The van der Waals surface area contributed by atoms with E-state index in [1.54, 1.807) is 38.1 Å². The summed E-state index contributed by atoms with van der Waals surface area (Å²) in [7, 11) is 1.33. The normalized spacial score (nSPS) is 12.7. The van der Waals surface area contributed by atoms with E-state index in [0.717, 1.165) is 0 Å². The lowest BCUT2D eigenvalue weighted by molar-refractivity contribution is -0.152. The minimum Gasteiger partial charge on any atom is -0.469 e. The van der Waals surface area contributed by atoms with Gasteiger partial charge in [0.15, 0.2) is 0 Å². The number of methoxy groups -OCH3 is 1. The summed E-state index contributed by atoms with van der Waals surface area (Å²) in [4.78, 5) is 22.6. The van der Waals surface area contributed by atoms with Crippen molar-refractivity contribution in [2.45, 2.75) is 26.8 Å². The molecule has 1 aromatic carbocycles. The third-order valence-corrected chi connectivity index (χ3v) is 2.97. The van der Waals surface area contributed by atoms with Crippen LogP contribution in [0.3, 0.4) is 0 Å². The van der Waals surface area contributed by atoms with Crippen LogP contribution in [0.25, 0.3) is 0 Å². The topological polar surface area (TPSA) is 78.6 Å². The molecule has 0 fully saturated rings. The molecule has 0 spiro atoms. The molecule has 0 aliphatic carbocycles. The summed E-state index contributed by atoms with van der Waals surface area (Å²) in [5.41, 5.74) is 5.94. The van der Waals surface area contributed by atoms with Gasteiger partial charge in [-0.2, -0.15) is 0 Å². The van der Waals surface area contributed by atoms with Gasteiger partial charge in [-0.05, 0) is 31.5 Å². The van der Waals surface area contributed by atoms with Crippen molar-refractivity contribution >= 4 is 11.9 Å². The maximum atomic E-state index is 11.7. The molecule has 5 heteroatoms. The van der Waals surface area contributed by atoms with Crippen LogP contribution in [-0.2, 0) is 14.3 Å². The molecule has 1 rings (SSSR count). The molecule has 5 nitrogen and oxygen atoms in total. The van der Waals surface area contributed by atoms with Gasteiger partial charge in [0.1, 0.15) is 5.75 Å². The van der Waals surface area contributed by atoms with E-state index >= 15 is 0 Å². The van der Waals surface area contributed by atoms with Gasteiger partial charge >= 0.3 is 11.9 Å². The summed E-state index contributed by atoms with van der Waals surface area (Å²) in [5.74, 6) is -0.392. The second kappa shape index (κ2) is 5.84. The molecule has 1 atom stereocenters. The average molecular weight is 265 g/mol. The highest BCUT2D eigenvalue weighted by molar-refractivity contribution is 5.77. The van der Waals surface area contributed by atoms with Gasteiger partial charge in [-0.3, -0.25) is 9.59 Å². The van der Waals surface area contributed by atoms with Gasteiger partial charge in [-0.1, -0.05) is 12.1 Å². The fraction of sp³-hybridized carbons (Fsp3) is 0.429. The Morgan fingerprint density at radius 3 is 2.47 bits per heavy atom. The van der Waals surface area contributed by atoms with E-state index in [0.29, 0.717) is 11.3 Å². The monoisotopic (exact) mass is 265 g/mol. The lowest BCUT2D eigenvalue weighted by Crippen LogP contribution is -2.37. The molecule has 0 aliphatic heterocycles. The molecule has 0 saturated heterocycles. The summed E-state index contributed by atoms with van der Waals surface area (Å²) >= 11 is 0. The van der Waals surface area contributed by atoms with Gasteiger partial charge in [-0.15, -0.1) is 0 Å². The van der Waals surface area contributed by atoms with Crippen molar-refractivity contribution in [2.75, 3.05) is 7.11 Å². The molecule has 0 heterocycles. The zero-order valence-corrected chi connectivity index (χ0v) is 11.6. The molecule has 2 N–H and O–H groups in total. The average Bonchev–Trinajstić information content (AvgIpc) is 2.36. The maximum Gasteiger partial charge on any atom is 0.313 e. The summed E-state index contributed by atoms with van der Waals surface area (Å²) in [6.07, 6.45) is 0. The first-order valence-corrected chi connectivity index (χ1v) is 5.91. The van der Waals surface area contributed by atoms with Crippen molar-refractivity contribution in [3.63, 3.8) is 0 Å². The lowest BCUT2D eigenvalue weighted by atomic mass is 9.81. The number of carbonyl (C=O) groups is 2. The van der Waals surface area contributed by atoms with Crippen LogP contribution in [0.1, 0.15) is 32.4 Å². The summed E-state index contributed by atoms with van der Waals surface area (Å²) in [6, 6.07) is 6.25. The zero-order chi connectivity index (χ0) is 14.6. The van der Waals surface area contributed by atoms with Crippen molar-refractivity contribution in [2.24, 2.45) is 11.1 Å². The van der Waals surface area contributed by atoms with Crippen LogP contribution in [0.5, 0.6) is 5.75 Å². The SMILES string of the molecule is COC(=O)C(C)(C)[C@H](N)c1cccc(OC(C)=O)c1. The fourth-order valence-corrected chi connectivity index (χ4v) is 1.74. The minimum absolute atomic E-state index is 0.391. The van der Waals surface area contributed by atoms with E-state index in [1.165, 1.54) is 14.0 Å². The molecule has 0 aromatic heterocycles. The van der Waals surface area contributed by atoms with Crippen LogP contribution in [0.15, 0.2) is 24.3 Å². The van der Waals surface area contributed by atoms with Crippen molar-refractivity contribution < 1.29 is 19.1 Å². The van der Waals surface area contributed by atoms with E-state index in [2.05, 4.69) is 0 Å². The zero-order valence-electron chi connectivity index (χ0n) is 11.6. The van der Waals surface area contributed by atoms with Crippen molar-refractivity contribution in [1.29, 1.82) is 0 Å². The quantitative estimate of drug-likeness (QED) is 0.663. The van der Waals surface area contributed by atoms with Crippen LogP contribution in [0.2, 0.25) is 0 Å². The summed E-state index contributed by atoms with van der Waals surface area (Å²) in [6.45, 7) is 4.75. The second-order valence-electron chi connectivity index (χ2n) is 4.86. The number of rotatable bonds is 4. The molecule has 1 aromatic rings. The number of hydrogen-bond donors (Lipinski definition) is 1. The highest BCUT2D eigenvalue weighted by Gasteiger charge is 2.36. The van der Waals surface area contributed by atoms with Crippen LogP contribution in [0, 0.1) is 5.41 Å². The van der Waals surface area contributed by atoms with Crippen molar-refractivity contribution in [1.82, 2.24) is 0 Å². The smallest absolute Gasteiger partial charge is 0.313 e. The van der Waals surface area contributed by atoms with Gasteiger partial charge in [0.25, 0.3) is 0 Å². The predicted molar refractivity (Wildman–Crippen MR) is 70.5 cm³/mol. The number of benzene rings is 1. The Hall–Kier alpha value is -1.88. The Morgan fingerprint density at radius 2 is 1.95 bits per heavy atom. The van der Waals surface area contributed by atoms with Gasteiger partial charge in [0.2, 0.25) is 0 Å². The first kappa shape index (κ1) is 15.2. The van der Waals surface area contributed by atoms with Gasteiger partial charge in [-0.25, -0.2) is 0 Å². The van der Waals surface area contributed by atoms with Crippen LogP contribution in [-0.4, -0.2) is 19.0 Å². The first-order valence-electron chi connectivity index (χ1n) is 5.91. The molecule has 0 bridgehead atoms. The van der Waals surface area contributed by atoms with Crippen LogP contribution < -0.4 is 10.5 Å². The molecule has 0 aliphatic rings. The molecule has 0 amide bonds. The number of nitrogens with two attached hydrogens (primary N) is 1. The van der Waals surface area contributed by atoms with Crippen molar-refractivity contribution in [3.05, 3.63) is 29.8 Å². The molecular formula is C14H19NO4. The van der Waals surface area contributed by atoms with E-state index < -0.39 is 23.4 Å². The number of carbonyl (C=O) groups excluding carboxylic acids is 2. The van der Waals surface area contributed by atoms with E-state index in [4.69, 9.17) is 15.2 Å². The summed E-state index contributed by atoms with van der Waals surface area (Å²) in [5, 5.41) is 0. The predicted octanol–water partition coefficient (Wildman–Crippen LogP) is 1.81. The molecule has 19 heavy (non-hydrogen) atoms. The Bertz CT molecular complexity index is 482. The second-order valence-corrected chi connectivity index (χ2v) is 4.86. The Kier molecular flexibility index (Phi) is 4.67. The Balaban J connectivity index is 3.02. The van der Waals surface area contributed by atoms with E-state index in [-0.39, 0.29) is 0 Å². The number of ether oxygens (including phenoxy) is 2. The van der Waals surface area contributed by atoms with Crippen LogP contribution >= 0.6 is 0 Å². The first-order chi connectivity index (χ1) is 8.78.